The average Bonchev–Trinajstić information content (AvgIpc) is 2.71. The summed E-state index contributed by atoms with van der Waals surface area (Å²) < 4.78 is 0. The van der Waals surface area contributed by atoms with E-state index >= 15 is 0 Å². The summed E-state index contributed by atoms with van der Waals surface area (Å²) in [5.41, 5.74) is 8.22. The van der Waals surface area contributed by atoms with Crippen molar-refractivity contribution in [3.8, 4) is 0 Å². The zero-order valence-electron chi connectivity index (χ0n) is 12.8. The van der Waals surface area contributed by atoms with E-state index in [1.165, 1.54) is 16.6 Å². The Morgan fingerprint density at radius 2 is 1.95 bits per heavy atom. The van der Waals surface area contributed by atoms with Crippen LogP contribution in [0.3, 0.4) is 0 Å². The molecule has 0 bridgehead atoms. The van der Waals surface area contributed by atoms with Crippen molar-refractivity contribution >= 4 is 33.7 Å². The number of hydrogen-bond donors (Lipinski definition) is 1. The van der Waals surface area contributed by atoms with E-state index in [4.69, 9.17) is 9.98 Å². The Labute approximate surface area is 124 Å². The van der Waals surface area contributed by atoms with E-state index in [-0.39, 0.29) is 0 Å². The summed E-state index contributed by atoms with van der Waals surface area (Å²) >= 11 is 0. The molecule has 0 radical (unpaired) electrons. The quantitative estimate of drug-likeness (QED) is 0.785. The van der Waals surface area contributed by atoms with Gasteiger partial charge < -0.3 is 9.88 Å². The van der Waals surface area contributed by atoms with Crippen molar-refractivity contribution in [1.82, 2.24) is 9.88 Å². The van der Waals surface area contributed by atoms with E-state index in [1.807, 2.05) is 0 Å². The molecule has 0 atom stereocenters. The van der Waals surface area contributed by atoms with Crippen LogP contribution in [0.4, 0.5) is 11.4 Å². The topological polar surface area (TPSA) is 43.8 Å². The molecule has 108 valence electrons. The molecule has 0 spiro atoms. The van der Waals surface area contributed by atoms with Crippen molar-refractivity contribution in [2.24, 2.45) is 9.98 Å². The molecule has 2 aromatic rings. The number of benzene rings is 1. The molecule has 0 saturated carbocycles. The maximum absolute atomic E-state index is 4.84. The van der Waals surface area contributed by atoms with Gasteiger partial charge in [0, 0.05) is 48.4 Å². The maximum atomic E-state index is 4.84. The molecular formula is C17H20N4. The molecule has 1 aromatic heterocycles. The van der Waals surface area contributed by atoms with Gasteiger partial charge >= 0.3 is 0 Å². The first kappa shape index (κ1) is 12.8. The maximum Gasteiger partial charge on any atom is 0.113 e. The molecule has 21 heavy (non-hydrogen) atoms. The lowest BCUT2D eigenvalue weighted by atomic mass is 10.0. The van der Waals surface area contributed by atoms with Gasteiger partial charge in [-0.15, -0.1) is 0 Å². The molecule has 2 aliphatic rings. The molecule has 0 fully saturated rings. The first-order valence-electron chi connectivity index (χ1n) is 7.55. The lowest BCUT2D eigenvalue weighted by Crippen LogP contribution is -2.25. The Bertz CT molecular complexity index is 795. The van der Waals surface area contributed by atoms with Crippen LogP contribution in [-0.2, 0) is 13.0 Å². The Hall–Kier alpha value is -1.94. The van der Waals surface area contributed by atoms with Crippen molar-refractivity contribution < 1.29 is 0 Å². The summed E-state index contributed by atoms with van der Waals surface area (Å²) in [6.07, 6.45) is 1.94. The smallest absolute Gasteiger partial charge is 0.113 e. The molecule has 3 heterocycles. The number of likely N-dealkylation sites (N-methyl/N-ethyl adjacent to an activating group) is 1. The standard InChI is InChI=1S/C17H20N4/c1-10-8-11(2)19-17-15(18-10)5-4-12-13-9-21(3)7-6-14(13)20-16(12)17/h4-5,20H,6-9H2,1-3H3. The number of rotatable bonds is 0. The van der Waals surface area contributed by atoms with Gasteiger partial charge in [0.1, 0.15) is 5.69 Å². The van der Waals surface area contributed by atoms with Gasteiger partial charge in [-0.25, -0.2) is 0 Å². The van der Waals surface area contributed by atoms with Gasteiger partial charge in [-0.2, -0.15) is 0 Å². The molecule has 0 unspecified atom stereocenters. The van der Waals surface area contributed by atoms with Gasteiger partial charge in [-0.3, -0.25) is 9.98 Å². The van der Waals surface area contributed by atoms with Gasteiger partial charge in [0.05, 0.1) is 11.2 Å². The zero-order valence-corrected chi connectivity index (χ0v) is 12.8. The fourth-order valence-electron chi connectivity index (χ4n) is 3.44. The van der Waals surface area contributed by atoms with Crippen LogP contribution in [0.5, 0.6) is 0 Å². The normalized spacial score (nSPS) is 18.8. The number of H-pyrrole nitrogens is 1. The van der Waals surface area contributed by atoms with E-state index in [2.05, 4.69) is 42.9 Å². The number of hydrogen-bond acceptors (Lipinski definition) is 3. The Morgan fingerprint density at radius 1 is 1.14 bits per heavy atom. The Kier molecular flexibility index (Phi) is 2.76. The van der Waals surface area contributed by atoms with Crippen LogP contribution < -0.4 is 0 Å². The van der Waals surface area contributed by atoms with E-state index < -0.39 is 0 Å². The SMILES string of the molecule is CC1=Nc2ccc3c4c([nH]c3c2N=C(C)C1)CCN(C)C4. The van der Waals surface area contributed by atoms with Crippen molar-refractivity contribution in [2.45, 2.75) is 33.2 Å². The molecular weight excluding hydrogens is 260 g/mol. The molecule has 1 aromatic carbocycles. The van der Waals surface area contributed by atoms with Crippen LogP contribution in [0.1, 0.15) is 31.5 Å². The first-order valence-corrected chi connectivity index (χ1v) is 7.55. The summed E-state index contributed by atoms with van der Waals surface area (Å²) in [4.78, 5) is 15.6. The average molecular weight is 280 g/mol. The molecule has 0 aliphatic carbocycles. The highest BCUT2D eigenvalue weighted by atomic mass is 15.1. The third kappa shape index (κ3) is 2.02. The summed E-state index contributed by atoms with van der Waals surface area (Å²) in [5.74, 6) is 0. The van der Waals surface area contributed by atoms with Crippen LogP contribution in [0.25, 0.3) is 10.9 Å². The third-order valence-corrected chi connectivity index (χ3v) is 4.42. The van der Waals surface area contributed by atoms with Gasteiger partial charge in [0.2, 0.25) is 0 Å². The fourth-order valence-corrected chi connectivity index (χ4v) is 3.44. The molecule has 0 saturated heterocycles. The number of nitrogens with zero attached hydrogens (tertiary/aromatic N) is 3. The number of aliphatic imine (C=N–C) groups is 2. The molecule has 2 aliphatic heterocycles. The highest BCUT2D eigenvalue weighted by Crippen LogP contribution is 2.40. The minimum atomic E-state index is 0.860. The van der Waals surface area contributed by atoms with E-state index in [0.29, 0.717) is 0 Å². The van der Waals surface area contributed by atoms with Gasteiger partial charge in [0.25, 0.3) is 0 Å². The second-order valence-electron chi connectivity index (χ2n) is 6.30. The summed E-state index contributed by atoms with van der Waals surface area (Å²) in [6.45, 7) is 6.29. The second-order valence-corrected chi connectivity index (χ2v) is 6.30. The number of aromatic nitrogens is 1. The predicted molar refractivity (Wildman–Crippen MR) is 88.5 cm³/mol. The van der Waals surface area contributed by atoms with Crippen LogP contribution in [0.15, 0.2) is 22.1 Å². The summed E-state index contributed by atoms with van der Waals surface area (Å²) in [5, 5.41) is 1.31. The van der Waals surface area contributed by atoms with Crippen LogP contribution in [0.2, 0.25) is 0 Å². The monoisotopic (exact) mass is 280 g/mol. The van der Waals surface area contributed by atoms with Crippen molar-refractivity contribution in [1.29, 1.82) is 0 Å². The highest BCUT2D eigenvalue weighted by molar-refractivity contribution is 6.10. The number of nitrogens with one attached hydrogen (secondary N) is 1. The lowest BCUT2D eigenvalue weighted by Gasteiger charge is -2.22. The van der Waals surface area contributed by atoms with E-state index in [1.54, 1.807) is 0 Å². The minimum Gasteiger partial charge on any atom is -0.356 e. The highest BCUT2D eigenvalue weighted by Gasteiger charge is 2.21. The number of aromatic amines is 1. The second kappa shape index (κ2) is 4.53. The van der Waals surface area contributed by atoms with E-state index in [0.717, 1.165) is 54.2 Å². The number of fused-ring (bicyclic) bond motifs is 5. The first-order chi connectivity index (χ1) is 10.1. The van der Waals surface area contributed by atoms with Crippen molar-refractivity contribution in [3.05, 3.63) is 23.4 Å². The van der Waals surface area contributed by atoms with Crippen molar-refractivity contribution in [3.63, 3.8) is 0 Å². The zero-order chi connectivity index (χ0) is 14.6. The molecule has 4 nitrogen and oxygen atoms in total. The minimum absolute atomic E-state index is 0.860. The Balaban J connectivity index is 2.01. The van der Waals surface area contributed by atoms with Crippen LogP contribution in [0, 0.1) is 0 Å². The summed E-state index contributed by atoms with van der Waals surface area (Å²) in [7, 11) is 2.18. The molecule has 1 N–H and O–H groups in total. The molecule has 4 rings (SSSR count). The van der Waals surface area contributed by atoms with Crippen LogP contribution in [-0.4, -0.2) is 34.9 Å². The largest absolute Gasteiger partial charge is 0.356 e. The fraction of sp³-hybridized carbons (Fsp3) is 0.412. The van der Waals surface area contributed by atoms with Gasteiger partial charge in [0.15, 0.2) is 0 Å². The van der Waals surface area contributed by atoms with Crippen LogP contribution >= 0.6 is 0 Å². The molecule has 4 heteroatoms. The van der Waals surface area contributed by atoms with Gasteiger partial charge in [-0.1, -0.05) is 6.07 Å². The summed E-state index contributed by atoms with van der Waals surface area (Å²) in [6, 6.07) is 4.32. The Morgan fingerprint density at radius 3 is 2.81 bits per heavy atom. The van der Waals surface area contributed by atoms with E-state index in [9.17, 15) is 0 Å². The molecule has 0 amide bonds. The van der Waals surface area contributed by atoms with Crippen molar-refractivity contribution in [2.75, 3.05) is 13.6 Å². The predicted octanol–water partition coefficient (Wildman–Crippen LogP) is 3.74. The third-order valence-electron chi connectivity index (χ3n) is 4.42. The lowest BCUT2D eigenvalue weighted by molar-refractivity contribution is 0.313. The van der Waals surface area contributed by atoms with Gasteiger partial charge in [-0.05, 0) is 32.5 Å².